The summed E-state index contributed by atoms with van der Waals surface area (Å²) in [5.74, 6) is 1.48. The van der Waals surface area contributed by atoms with Gasteiger partial charge < -0.3 is 4.74 Å². The van der Waals surface area contributed by atoms with Gasteiger partial charge in [0.25, 0.3) is 0 Å². The number of hydrazine groups is 2. The summed E-state index contributed by atoms with van der Waals surface area (Å²) >= 11 is 5.80. The van der Waals surface area contributed by atoms with Crippen LogP contribution in [-0.2, 0) is 0 Å². The lowest BCUT2D eigenvalue weighted by Gasteiger charge is -2.16. The molecular weight excluding hydrogens is 254 g/mol. The maximum Gasteiger partial charge on any atom is 0.224 e. The smallest absolute Gasteiger partial charge is 0.224 e. The van der Waals surface area contributed by atoms with E-state index in [1.165, 1.54) is 0 Å². The van der Waals surface area contributed by atoms with Crippen molar-refractivity contribution in [3.05, 3.63) is 35.7 Å². The molecule has 1 aliphatic heterocycles. The molecule has 0 unspecified atom stereocenters. The van der Waals surface area contributed by atoms with Crippen molar-refractivity contribution in [2.24, 2.45) is 0 Å². The second-order valence-corrected chi connectivity index (χ2v) is 3.98. The van der Waals surface area contributed by atoms with Crippen LogP contribution in [0.25, 0.3) is 0 Å². The van der Waals surface area contributed by atoms with Crippen LogP contribution < -0.4 is 20.7 Å². The van der Waals surface area contributed by atoms with Crippen molar-refractivity contribution in [2.45, 2.75) is 0 Å². The number of rotatable bonds is 2. The van der Waals surface area contributed by atoms with Gasteiger partial charge in [0.1, 0.15) is 11.4 Å². The van der Waals surface area contributed by atoms with Gasteiger partial charge in [-0.05, 0) is 35.9 Å². The number of nitrogens with one attached hydrogen (secondary N) is 2. The first-order valence-electron chi connectivity index (χ1n) is 5.26. The van der Waals surface area contributed by atoms with Gasteiger partial charge >= 0.3 is 0 Å². The van der Waals surface area contributed by atoms with Crippen molar-refractivity contribution in [3.63, 3.8) is 0 Å². The molecular formula is C11H10ClN5O. The Bertz CT molecular complexity index is 574. The third-order valence-corrected chi connectivity index (χ3v) is 2.77. The van der Waals surface area contributed by atoms with E-state index < -0.39 is 0 Å². The van der Waals surface area contributed by atoms with E-state index in [1.807, 2.05) is 24.3 Å². The van der Waals surface area contributed by atoms with Gasteiger partial charge in [0.2, 0.25) is 5.28 Å². The largest absolute Gasteiger partial charge is 0.497 e. The summed E-state index contributed by atoms with van der Waals surface area (Å²) in [5, 5.41) is 1.99. The van der Waals surface area contributed by atoms with Gasteiger partial charge in [-0.2, -0.15) is 4.98 Å². The molecule has 0 saturated heterocycles. The minimum atomic E-state index is 0.206. The van der Waals surface area contributed by atoms with Gasteiger partial charge in [-0.3, -0.25) is 5.43 Å². The van der Waals surface area contributed by atoms with Crippen LogP contribution >= 0.6 is 11.6 Å². The molecule has 0 fully saturated rings. The second-order valence-electron chi connectivity index (χ2n) is 3.65. The molecule has 0 spiro atoms. The van der Waals surface area contributed by atoms with E-state index in [0.29, 0.717) is 5.82 Å². The van der Waals surface area contributed by atoms with Gasteiger partial charge in [0.15, 0.2) is 5.82 Å². The SMILES string of the molecule is COc1ccc(N2NNc3cnc(Cl)nc32)cc1. The molecule has 1 aromatic heterocycles. The van der Waals surface area contributed by atoms with Gasteiger partial charge in [-0.1, -0.05) is 0 Å². The van der Waals surface area contributed by atoms with Gasteiger partial charge in [-0.25, -0.2) is 9.99 Å². The zero-order valence-electron chi connectivity index (χ0n) is 9.51. The van der Waals surface area contributed by atoms with Crippen molar-refractivity contribution in [1.82, 2.24) is 15.5 Å². The van der Waals surface area contributed by atoms with Crippen molar-refractivity contribution in [1.29, 1.82) is 0 Å². The predicted molar refractivity (Wildman–Crippen MR) is 68.9 cm³/mol. The summed E-state index contributed by atoms with van der Waals surface area (Å²) in [5.41, 5.74) is 7.64. The van der Waals surface area contributed by atoms with Crippen molar-refractivity contribution >= 4 is 28.8 Å². The van der Waals surface area contributed by atoms with Gasteiger partial charge in [0, 0.05) is 0 Å². The molecule has 2 aromatic rings. The Morgan fingerprint density at radius 2 is 2.06 bits per heavy atom. The van der Waals surface area contributed by atoms with E-state index in [9.17, 15) is 0 Å². The van der Waals surface area contributed by atoms with E-state index in [-0.39, 0.29) is 5.28 Å². The molecule has 6 nitrogen and oxygen atoms in total. The fourth-order valence-electron chi connectivity index (χ4n) is 1.70. The first kappa shape index (κ1) is 11.1. The van der Waals surface area contributed by atoms with Crippen LogP contribution in [0.4, 0.5) is 17.2 Å². The summed E-state index contributed by atoms with van der Waals surface area (Å²) in [6.45, 7) is 0. The van der Waals surface area contributed by atoms with Crippen molar-refractivity contribution in [3.8, 4) is 5.75 Å². The highest BCUT2D eigenvalue weighted by atomic mass is 35.5. The van der Waals surface area contributed by atoms with E-state index in [1.54, 1.807) is 18.3 Å². The van der Waals surface area contributed by atoms with Crippen LogP contribution in [0.15, 0.2) is 30.5 Å². The Kier molecular flexibility index (Phi) is 2.66. The molecule has 1 aliphatic rings. The molecule has 7 heteroatoms. The first-order valence-corrected chi connectivity index (χ1v) is 5.64. The fraction of sp³-hybridized carbons (Fsp3) is 0.0909. The Hall–Kier alpha value is -2.05. The standard InChI is InChI=1S/C11H10ClN5O/c1-18-8-4-2-7(3-5-8)17-10-9(15-16-17)6-13-11(12)14-10/h2-6,15-16H,1H3. The molecule has 2 N–H and O–H groups in total. The zero-order valence-corrected chi connectivity index (χ0v) is 10.3. The molecule has 92 valence electrons. The number of halogens is 1. The van der Waals surface area contributed by atoms with Crippen LogP contribution in [0.3, 0.4) is 0 Å². The topological polar surface area (TPSA) is 62.3 Å². The van der Waals surface area contributed by atoms with E-state index in [0.717, 1.165) is 17.1 Å². The number of benzene rings is 1. The number of aromatic nitrogens is 2. The van der Waals surface area contributed by atoms with Gasteiger partial charge in [-0.15, -0.1) is 5.53 Å². The Morgan fingerprint density at radius 3 is 2.78 bits per heavy atom. The third-order valence-electron chi connectivity index (χ3n) is 2.58. The van der Waals surface area contributed by atoms with Gasteiger partial charge in [0.05, 0.1) is 19.0 Å². The average Bonchev–Trinajstić information content (AvgIpc) is 2.82. The van der Waals surface area contributed by atoms with E-state index >= 15 is 0 Å². The Morgan fingerprint density at radius 1 is 1.28 bits per heavy atom. The normalized spacial score (nSPS) is 13.1. The van der Waals surface area contributed by atoms with Crippen LogP contribution in [0.2, 0.25) is 5.28 Å². The molecule has 0 radical (unpaired) electrons. The molecule has 1 aromatic carbocycles. The lowest BCUT2D eigenvalue weighted by atomic mass is 10.3. The average molecular weight is 264 g/mol. The number of fused-ring (bicyclic) bond motifs is 1. The maximum absolute atomic E-state index is 5.80. The first-order chi connectivity index (χ1) is 8.78. The summed E-state index contributed by atoms with van der Waals surface area (Å²) in [4.78, 5) is 8.09. The van der Waals surface area contributed by atoms with Crippen LogP contribution in [0.5, 0.6) is 5.75 Å². The molecule has 0 aliphatic carbocycles. The lowest BCUT2D eigenvalue weighted by Crippen LogP contribution is -2.31. The Balaban J connectivity index is 1.97. The molecule has 3 rings (SSSR count). The third kappa shape index (κ3) is 1.81. The monoisotopic (exact) mass is 263 g/mol. The molecule has 0 bridgehead atoms. The fourth-order valence-corrected chi connectivity index (χ4v) is 1.83. The lowest BCUT2D eigenvalue weighted by molar-refractivity contribution is 0.415. The second kappa shape index (κ2) is 4.32. The van der Waals surface area contributed by atoms with Crippen LogP contribution in [-0.4, -0.2) is 17.1 Å². The number of nitrogens with zero attached hydrogens (tertiary/aromatic N) is 3. The van der Waals surface area contributed by atoms with E-state index in [4.69, 9.17) is 16.3 Å². The minimum absolute atomic E-state index is 0.206. The number of ether oxygens (including phenoxy) is 1. The zero-order chi connectivity index (χ0) is 12.5. The quantitative estimate of drug-likeness (QED) is 0.810. The van der Waals surface area contributed by atoms with Crippen LogP contribution in [0.1, 0.15) is 0 Å². The summed E-state index contributed by atoms with van der Waals surface area (Å²) in [6, 6.07) is 7.58. The molecule has 0 saturated carbocycles. The minimum Gasteiger partial charge on any atom is -0.497 e. The summed E-state index contributed by atoms with van der Waals surface area (Å²) in [7, 11) is 1.63. The highest BCUT2D eigenvalue weighted by molar-refractivity contribution is 6.28. The molecule has 2 heterocycles. The highest BCUT2D eigenvalue weighted by Gasteiger charge is 2.22. The summed E-state index contributed by atoms with van der Waals surface area (Å²) < 4.78 is 5.12. The predicted octanol–water partition coefficient (Wildman–Crippen LogP) is 2.12. The number of hydrogen-bond acceptors (Lipinski definition) is 6. The molecule has 0 amide bonds. The Labute approximate surface area is 109 Å². The highest BCUT2D eigenvalue weighted by Crippen LogP contribution is 2.33. The van der Waals surface area contributed by atoms with E-state index in [2.05, 4.69) is 20.9 Å². The number of hydrogen-bond donors (Lipinski definition) is 2. The molecule has 0 atom stereocenters. The van der Waals surface area contributed by atoms with Crippen molar-refractivity contribution in [2.75, 3.05) is 17.5 Å². The molecule has 18 heavy (non-hydrogen) atoms. The van der Waals surface area contributed by atoms with Crippen LogP contribution in [0, 0.1) is 0 Å². The number of methoxy groups -OCH3 is 1. The number of anilines is 3. The summed E-state index contributed by atoms with van der Waals surface area (Å²) in [6.07, 6.45) is 1.63. The van der Waals surface area contributed by atoms with Crippen molar-refractivity contribution < 1.29 is 4.74 Å². The maximum atomic E-state index is 5.80.